The first kappa shape index (κ1) is 11.6. The van der Waals surface area contributed by atoms with Gasteiger partial charge in [-0.1, -0.05) is 18.2 Å². The molecule has 0 amide bonds. The van der Waals surface area contributed by atoms with E-state index in [0.717, 1.165) is 29.9 Å². The summed E-state index contributed by atoms with van der Waals surface area (Å²) in [4.78, 5) is 17.6. The molecule has 3 nitrogen and oxygen atoms in total. The third-order valence-electron chi connectivity index (χ3n) is 3.64. The predicted molar refractivity (Wildman–Crippen MR) is 82.8 cm³/mol. The Morgan fingerprint density at radius 1 is 1.20 bits per heavy atom. The van der Waals surface area contributed by atoms with Gasteiger partial charge in [0.05, 0.1) is 10.9 Å². The highest BCUT2D eigenvalue weighted by atomic mass is 32.1. The van der Waals surface area contributed by atoms with E-state index in [1.54, 1.807) is 11.3 Å². The first-order valence-electron chi connectivity index (χ1n) is 6.57. The summed E-state index contributed by atoms with van der Waals surface area (Å²) in [7, 11) is 0. The lowest BCUT2D eigenvalue weighted by atomic mass is 10.2. The van der Waals surface area contributed by atoms with Gasteiger partial charge in [-0.05, 0) is 41.6 Å². The Labute approximate surface area is 119 Å². The molecule has 0 unspecified atom stereocenters. The highest BCUT2D eigenvalue weighted by molar-refractivity contribution is 7.10. The average Bonchev–Trinajstić information content (AvgIpc) is 3.11. The normalized spacial score (nSPS) is 15.9. The number of hydrogen-bond acceptors (Lipinski definition) is 3. The van der Waals surface area contributed by atoms with E-state index in [2.05, 4.69) is 27.1 Å². The van der Waals surface area contributed by atoms with Gasteiger partial charge in [-0.3, -0.25) is 4.79 Å². The Morgan fingerprint density at radius 3 is 2.95 bits per heavy atom. The number of nitrogens with zero attached hydrogens (tertiary/aromatic N) is 2. The van der Waals surface area contributed by atoms with Crippen molar-refractivity contribution in [2.24, 2.45) is 0 Å². The van der Waals surface area contributed by atoms with Crippen LogP contribution in [0.5, 0.6) is 0 Å². The van der Waals surface area contributed by atoms with Crippen LogP contribution in [0.25, 0.3) is 22.6 Å². The van der Waals surface area contributed by atoms with Gasteiger partial charge in [0.25, 0.3) is 5.56 Å². The van der Waals surface area contributed by atoms with Crippen molar-refractivity contribution >= 4 is 33.9 Å². The molecule has 0 spiro atoms. The van der Waals surface area contributed by atoms with Gasteiger partial charge >= 0.3 is 0 Å². The first-order chi connectivity index (χ1) is 9.83. The molecule has 3 heterocycles. The number of rotatable bonds is 1. The van der Waals surface area contributed by atoms with Gasteiger partial charge in [-0.25, -0.2) is 0 Å². The molecule has 4 rings (SSSR count). The van der Waals surface area contributed by atoms with Gasteiger partial charge in [0.2, 0.25) is 0 Å². The lowest BCUT2D eigenvalue weighted by Crippen LogP contribution is -2.14. The summed E-state index contributed by atoms with van der Waals surface area (Å²) >= 11 is 1.70. The number of para-hydroxylation sites is 1. The molecule has 0 aliphatic carbocycles. The summed E-state index contributed by atoms with van der Waals surface area (Å²) in [5.41, 5.74) is 2.00. The molecule has 1 aromatic carbocycles. The molecular weight excluding hydrogens is 268 g/mol. The van der Waals surface area contributed by atoms with Gasteiger partial charge in [-0.15, -0.1) is 11.3 Å². The van der Waals surface area contributed by atoms with Crippen molar-refractivity contribution in [3.05, 3.63) is 62.8 Å². The lowest BCUT2D eigenvalue weighted by Gasteiger charge is -2.07. The van der Waals surface area contributed by atoms with Gasteiger partial charge in [-0.2, -0.15) is 4.98 Å². The molecule has 20 heavy (non-hydrogen) atoms. The number of hydrogen-bond donors (Lipinski definition) is 0. The van der Waals surface area contributed by atoms with Crippen molar-refractivity contribution in [2.75, 3.05) is 0 Å². The lowest BCUT2D eigenvalue weighted by molar-refractivity contribution is 0.772. The zero-order chi connectivity index (χ0) is 13.5. The molecule has 1 aliphatic heterocycles. The molecule has 4 heteroatoms. The minimum absolute atomic E-state index is 0.133. The van der Waals surface area contributed by atoms with Gasteiger partial charge in [0.15, 0.2) is 0 Å². The first-order valence-corrected chi connectivity index (χ1v) is 7.45. The second-order valence-electron chi connectivity index (χ2n) is 4.84. The largest absolute Gasteiger partial charge is 0.325 e. The topological polar surface area (TPSA) is 34.9 Å². The van der Waals surface area contributed by atoms with E-state index in [-0.39, 0.29) is 5.56 Å². The number of benzene rings is 1. The molecule has 0 saturated heterocycles. The van der Waals surface area contributed by atoms with E-state index in [1.165, 1.54) is 4.88 Å². The molecule has 0 fully saturated rings. The summed E-state index contributed by atoms with van der Waals surface area (Å²) in [6.07, 6.45) is 3.07. The number of fused-ring (bicyclic) bond motifs is 3. The Morgan fingerprint density at radius 2 is 2.10 bits per heavy atom. The van der Waals surface area contributed by atoms with Crippen molar-refractivity contribution in [2.45, 2.75) is 13.0 Å². The minimum atomic E-state index is -0.133. The summed E-state index contributed by atoms with van der Waals surface area (Å²) < 4.78 is 2.15. The van der Waals surface area contributed by atoms with Crippen LogP contribution in [0.3, 0.4) is 0 Å². The Hall–Kier alpha value is -2.20. The highest BCUT2D eigenvalue weighted by Crippen LogP contribution is 2.30. The maximum Gasteiger partial charge on any atom is 0.281 e. The van der Waals surface area contributed by atoms with E-state index in [4.69, 9.17) is 0 Å². The van der Waals surface area contributed by atoms with E-state index in [9.17, 15) is 4.79 Å². The van der Waals surface area contributed by atoms with Gasteiger partial charge < -0.3 is 4.57 Å². The number of allylic oxidation sites excluding steroid dienone is 1. The SMILES string of the molecule is O=c1nc2n(c3ccccc13)CC/C2=C\c1cccs1. The van der Waals surface area contributed by atoms with Crippen LogP contribution in [0.2, 0.25) is 0 Å². The van der Waals surface area contributed by atoms with E-state index < -0.39 is 0 Å². The maximum atomic E-state index is 12.1. The number of thiophene rings is 1. The number of aromatic nitrogens is 2. The van der Waals surface area contributed by atoms with Crippen LogP contribution in [0.4, 0.5) is 0 Å². The summed E-state index contributed by atoms with van der Waals surface area (Å²) in [6, 6.07) is 11.8. The Balaban J connectivity index is 1.97. The predicted octanol–water partition coefficient (Wildman–Crippen LogP) is 3.40. The van der Waals surface area contributed by atoms with Crippen LogP contribution in [-0.2, 0) is 6.54 Å². The van der Waals surface area contributed by atoms with E-state index >= 15 is 0 Å². The zero-order valence-electron chi connectivity index (χ0n) is 10.7. The molecule has 0 radical (unpaired) electrons. The third kappa shape index (κ3) is 1.72. The van der Waals surface area contributed by atoms with Crippen LogP contribution >= 0.6 is 11.3 Å². The summed E-state index contributed by atoms with van der Waals surface area (Å²) in [6.45, 7) is 0.889. The molecule has 0 saturated carbocycles. The molecular formula is C16H12N2OS. The van der Waals surface area contributed by atoms with Crippen molar-refractivity contribution < 1.29 is 0 Å². The highest BCUT2D eigenvalue weighted by Gasteiger charge is 2.20. The average molecular weight is 280 g/mol. The second-order valence-corrected chi connectivity index (χ2v) is 5.82. The van der Waals surface area contributed by atoms with E-state index in [0.29, 0.717) is 5.39 Å². The quantitative estimate of drug-likeness (QED) is 0.684. The molecule has 0 atom stereocenters. The standard InChI is InChI=1S/C16H12N2OS/c19-16-13-5-1-2-6-14(13)18-8-7-11(15(18)17-16)10-12-4-3-9-20-12/h1-6,9-10H,7-8H2/b11-10+. The maximum absolute atomic E-state index is 12.1. The van der Waals surface area contributed by atoms with Crippen LogP contribution in [-0.4, -0.2) is 9.55 Å². The fourth-order valence-corrected chi connectivity index (χ4v) is 3.40. The Bertz CT molecular complexity index is 875. The van der Waals surface area contributed by atoms with Crippen LogP contribution < -0.4 is 5.56 Å². The van der Waals surface area contributed by atoms with Crippen molar-refractivity contribution in [1.82, 2.24) is 9.55 Å². The van der Waals surface area contributed by atoms with Gasteiger partial charge in [0.1, 0.15) is 5.82 Å². The molecule has 2 aromatic heterocycles. The fourth-order valence-electron chi connectivity index (χ4n) is 2.72. The second kappa shape index (κ2) is 4.42. The van der Waals surface area contributed by atoms with E-state index in [1.807, 2.05) is 30.3 Å². The molecule has 0 N–H and O–H groups in total. The van der Waals surface area contributed by atoms with Crippen molar-refractivity contribution in [3.63, 3.8) is 0 Å². The summed E-state index contributed by atoms with van der Waals surface area (Å²) in [5, 5.41) is 2.76. The zero-order valence-corrected chi connectivity index (χ0v) is 11.6. The monoisotopic (exact) mass is 280 g/mol. The molecule has 3 aromatic rings. The van der Waals surface area contributed by atoms with Crippen molar-refractivity contribution in [1.29, 1.82) is 0 Å². The van der Waals surface area contributed by atoms with Crippen molar-refractivity contribution in [3.8, 4) is 0 Å². The molecule has 0 bridgehead atoms. The summed E-state index contributed by atoms with van der Waals surface area (Å²) in [5.74, 6) is 0.821. The molecule has 1 aliphatic rings. The van der Waals surface area contributed by atoms with Crippen LogP contribution in [0.15, 0.2) is 46.6 Å². The third-order valence-corrected chi connectivity index (χ3v) is 4.46. The smallest absolute Gasteiger partial charge is 0.281 e. The number of aryl methyl sites for hydroxylation is 1. The van der Waals surface area contributed by atoms with Crippen LogP contribution in [0, 0.1) is 0 Å². The fraction of sp³-hybridized carbons (Fsp3) is 0.125. The van der Waals surface area contributed by atoms with Crippen LogP contribution in [0.1, 0.15) is 17.1 Å². The Kier molecular flexibility index (Phi) is 2.57. The minimum Gasteiger partial charge on any atom is -0.325 e. The van der Waals surface area contributed by atoms with Gasteiger partial charge in [0, 0.05) is 11.4 Å². The molecule has 98 valence electrons.